The summed E-state index contributed by atoms with van der Waals surface area (Å²) in [6.45, 7) is 6.66. The lowest BCUT2D eigenvalue weighted by Gasteiger charge is -2.08. The van der Waals surface area contributed by atoms with Crippen LogP contribution in [-0.4, -0.2) is 21.1 Å². The Balaban J connectivity index is 1.72. The minimum absolute atomic E-state index is 0.277. The van der Waals surface area contributed by atoms with Crippen molar-refractivity contribution in [3.8, 4) is 5.75 Å². The van der Waals surface area contributed by atoms with Crippen LogP contribution in [-0.2, 0) is 6.61 Å². The number of hydrogen-bond donors (Lipinski definition) is 1. The second-order valence-electron chi connectivity index (χ2n) is 6.43. The molecule has 0 saturated heterocycles. The van der Waals surface area contributed by atoms with E-state index in [2.05, 4.69) is 47.3 Å². The van der Waals surface area contributed by atoms with E-state index in [0.717, 1.165) is 11.3 Å². The lowest BCUT2D eigenvalue weighted by molar-refractivity contribution is 0.290. The third kappa shape index (κ3) is 4.46. The van der Waals surface area contributed by atoms with Gasteiger partial charge < -0.3 is 4.74 Å². The zero-order valence-electron chi connectivity index (χ0n) is 15.1. The summed E-state index contributed by atoms with van der Waals surface area (Å²) in [4.78, 5) is 0. The van der Waals surface area contributed by atoms with Crippen molar-refractivity contribution in [3.05, 3.63) is 75.8 Å². The van der Waals surface area contributed by atoms with Crippen molar-refractivity contribution in [2.24, 2.45) is 5.10 Å². The molecule has 1 N–H and O–H groups in total. The van der Waals surface area contributed by atoms with E-state index in [4.69, 9.17) is 17.0 Å². The highest BCUT2D eigenvalue weighted by atomic mass is 32.1. The quantitative estimate of drug-likeness (QED) is 0.502. The molecule has 26 heavy (non-hydrogen) atoms. The molecule has 3 rings (SSSR count). The second kappa shape index (κ2) is 8.10. The van der Waals surface area contributed by atoms with Crippen LogP contribution >= 0.6 is 12.2 Å². The summed E-state index contributed by atoms with van der Waals surface area (Å²) in [5.41, 5.74) is 3.46. The molecule has 0 bridgehead atoms. The number of nitrogens with zero attached hydrogens (tertiary/aromatic N) is 3. The smallest absolute Gasteiger partial charge is 0.216 e. The third-order valence-electron chi connectivity index (χ3n) is 4.00. The number of aromatic nitrogens is 3. The van der Waals surface area contributed by atoms with Crippen LogP contribution < -0.4 is 4.74 Å². The Bertz CT molecular complexity index is 954. The van der Waals surface area contributed by atoms with Crippen molar-refractivity contribution < 1.29 is 4.74 Å². The Hall–Kier alpha value is -2.73. The van der Waals surface area contributed by atoms with Gasteiger partial charge in [0.25, 0.3) is 0 Å². The molecule has 5 nitrogen and oxygen atoms in total. The molecule has 2 aromatic carbocycles. The molecule has 6 heteroatoms. The molecule has 0 radical (unpaired) electrons. The Kier molecular flexibility index (Phi) is 5.63. The highest BCUT2D eigenvalue weighted by Crippen LogP contribution is 2.19. The average Bonchev–Trinajstić information content (AvgIpc) is 2.98. The first-order valence-corrected chi connectivity index (χ1v) is 8.94. The van der Waals surface area contributed by atoms with Gasteiger partial charge in [-0.25, -0.2) is 5.10 Å². The third-order valence-corrected chi connectivity index (χ3v) is 4.26. The first kappa shape index (κ1) is 18.1. The van der Waals surface area contributed by atoms with Crippen LogP contribution in [0.1, 0.15) is 42.3 Å². The van der Waals surface area contributed by atoms with E-state index >= 15 is 0 Å². The summed E-state index contributed by atoms with van der Waals surface area (Å²) in [5, 5.41) is 11.4. The number of hydrogen-bond acceptors (Lipinski definition) is 4. The predicted molar refractivity (Wildman–Crippen MR) is 106 cm³/mol. The molecule has 0 amide bonds. The summed E-state index contributed by atoms with van der Waals surface area (Å²) < 4.78 is 7.84. The molecule has 0 spiro atoms. The van der Waals surface area contributed by atoms with E-state index in [0.29, 0.717) is 16.5 Å². The van der Waals surface area contributed by atoms with Crippen LogP contribution in [0.2, 0.25) is 0 Å². The largest absolute Gasteiger partial charge is 0.486 e. The van der Waals surface area contributed by atoms with Crippen molar-refractivity contribution >= 4 is 18.4 Å². The Morgan fingerprint density at radius 1 is 1.23 bits per heavy atom. The van der Waals surface area contributed by atoms with Crippen molar-refractivity contribution in [1.29, 1.82) is 0 Å². The molecule has 3 aromatic rings. The minimum atomic E-state index is 0.277. The van der Waals surface area contributed by atoms with Crippen molar-refractivity contribution in [2.45, 2.75) is 33.3 Å². The Morgan fingerprint density at radius 2 is 2.00 bits per heavy atom. The molecule has 0 aliphatic carbocycles. The maximum Gasteiger partial charge on any atom is 0.216 e. The molecule has 1 aromatic heterocycles. The lowest BCUT2D eigenvalue weighted by atomic mass is 10.0. The molecular formula is C20H22N4OS. The summed E-state index contributed by atoms with van der Waals surface area (Å²) >= 11 is 5.27. The van der Waals surface area contributed by atoms with E-state index in [1.807, 2.05) is 37.3 Å². The number of ether oxygens (including phenoxy) is 1. The van der Waals surface area contributed by atoms with Gasteiger partial charge in [-0.05, 0) is 48.3 Å². The highest BCUT2D eigenvalue weighted by molar-refractivity contribution is 7.71. The molecule has 0 atom stereocenters. The molecule has 0 aliphatic heterocycles. The van der Waals surface area contributed by atoms with Gasteiger partial charge in [0.15, 0.2) is 5.82 Å². The fourth-order valence-corrected chi connectivity index (χ4v) is 2.71. The normalized spacial score (nSPS) is 11.4. The van der Waals surface area contributed by atoms with Gasteiger partial charge in [0, 0.05) is 0 Å². The topological polar surface area (TPSA) is 55.2 Å². The van der Waals surface area contributed by atoms with Crippen molar-refractivity contribution in [3.63, 3.8) is 0 Å². The van der Waals surface area contributed by atoms with E-state index in [9.17, 15) is 0 Å². The maximum atomic E-state index is 5.83. The van der Waals surface area contributed by atoms with E-state index in [1.165, 1.54) is 11.1 Å². The molecule has 0 fully saturated rings. The molecular weight excluding hydrogens is 344 g/mol. The summed E-state index contributed by atoms with van der Waals surface area (Å²) in [7, 11) is 0. The van der Waals surface area contributed by atoms with Crippen LogP contribution in [0.3, 0.4) is 0 Å². The average molecular weight is 366 g/mol. The van der Waals surface area contributed by atoms with E-state index in [-0.39, 0.29) is 6.61 Å². The van der Waals surface area contributed by atoms with Gasteiger partial charge in [0.1, 0.15) is 12.4 Å². The zero-order valence-corrected chi connectivity index (χ0v) is 16.0. The van der Waals surface area contributed by atoms with Crippen LogP contribution in [0.5, 0.6) is 5.75 Å². The van der Waals surface area contributed by atoms with Crippen LogP contribution in [0.4, 0.5) is 0 Å². The number of aryl methyl sites for hydroxylation is 1. The SMILES string of the molecule is Cc1cccc(/C=N\n2c(COc3ccc(C(C)C)cc3)n[nH]c2=S)c1. The van der Waals surface area contributed by atoms with Gasteiger partial charge in [-0.15, -0.1) is 0 Å². The Labute approximate surface area is 158 Å². The molecule has 0 unspecified atom stereocenters. The minimum Gasteiger partial charge on any atom is -0.486 e. The molecule has 1 heterocycles. The van der Waals surface area contributed by atoms with Gasteiger partial charge in [-0.1, -0.05) is 55.8 Å². The van der Waals surface area contributed by atoms with E-state index < -0.39 is 0 Å². The predicted octanol–water partition coefficient (Wildman–Crippen LogP) is 4.83. The number of H-pyrrole nitrogens is 1. The number of benzene rings is 2. The van der Waals surface area contributed by atoms with Gasteiger partial charge in [-0.2, -0.15) is 14.9 Å². The number of nitrogens with one attached hydrogen (secondary N) is 1. The second-order valence-corrected chi connectivity index (χ2v) is 6.81. The first-order valence-electron chi connectivity index (χ1n) is 8.53. The Morgan fingerprint density at radius 3 is 2.69 bits per heavy atom. The maximum absolute atomic E-state index is 5.83. The lowest BCUT2D eigenvalue weighted by Crippen LogP contribution is -2.04. The summed E-state index contributed by atoms with van der Waals surface area (Å²) in [5.74, 6) is 1.90. The summed E-state index contributed by atoms with van der Waals surface area (Å²) in [6, 6.07) is 16.2. The molecule has 0 saturated carbocycles. The standard InChI is InChI=1S/C20H22N4OS/c1-14(2)17-7-9-18(10-8-17)25-13-19-22-23-20(26)24(19)21-12-16-6-4-5-15(3)11-16/h4-12,14H,13H2,1-3H3,(H,23,26)/b21-12-. The fourth-order valence-electron chi connectivity index (χ4n) is 2.51. The van der Waals surface area contributed by atoms with Gasteiger partial charge in [0.05, 0.1) is 6.21 Å². The number of aromatic amines is 1. The highest BCUT2D eigenvalue weighted by Gasteiger charge is 2.07. The first-order chi connectivity index (χ1) is 12.5. The summed E-state index contributed by atoms with van der Waals surface area (Å²) in [6.07, 6.45) is 1.76. The van der Waals surface area contributed by atoms with Crippen LogP contribution in [0.25, 0.3) is 0 Å². The van der Waals surface area contributed by atoms with Crippen LogP contribution in [0.15, 0.2) is 53.6 Å². The van der Waals surface area contributed by atoms with Crippen molar-refractivity contribution in [1.82, 2.24) is 14.9 Å². The van der Waals surface area contributed by atoms with Gasteiger partial charge in [-0.3, -0.25) is 0 Å². The fraction of sp³-hybridized carbons (Fsp3) is 0.250. The zero-order chi connectivity index (χ0) is 18.5. The van der Waals surface area contributed by atoms with Gasteiger partial charge >= 0.3 is 0 Å². The molecule has 134 valence electrons. The van der Waals surface area contributed by atoms with Crippen molar-refractivity contribution in [2.75, 3.05) is 0 Å². The van der Waals surface area contributed by atoms with Gasteiger partial charge in [0.2, 0.25) is 4.77 Å². The number of rotatable bonds is 6. The monoisotopic (exact) mass is 366 g/mol. The molecule has 0 aliphatic rings. The van der Waals surface area contributed by atoms with E-state index in [1.54, 1.807) is 10.9 Å². The van der Waals surface area contributed by atoms with Crippen LogP contribution in [0, 0.1) is 11.7 Å².